The Morgan fingerprint density at radius 1 is 0.889 bits per heavy atom. The first-order chi connectivity index (χ1) is 13.3. The van der Waals surface area contributed by atoms with Gasteiger partial charge in [-0.05, 0) is 11.4 Å². The van der Waals surface area contributed by atoms with Crippen molar-refractivity contribution in [3.63, 3.8) is 0 Å². The van der Waals surface area contributed by atoms with Gasteiger partial charge in [0.25, 0.3) is 0 Å². The molecular formula is C23H25N2OS+. The number of quaternary nitrogens is 1. The SMILES string of the molecule is O=C(Cc1cccs1)N1CC[NH+](C(c2ccccc2)c2ccccc2)CC1. The van der Waals surface area contributed by atoms with Gasteiger partial charge in [0.1, 0.15) is 6.04 Å². The molecule has 0 saturated carbocycles. The molecule has 2 heterocycles. The first-order valence-corrected chi connectivity index (χ1v) is 10.4. The predicted molar refractivity (Wildman–Crippen MR) is 110 cm³/mol. The Labute approximate surface area is 164 Å². The van der Waals surface area contributed by atoms with Crippen LogP contribution in [0.3, 0.4) is 0 Å². The number of hydrogen-bond donors (Lipinski definition) is 1. The lowest BCUT2D eigenvalue weighted by Crippen LogP contribution is -3.15. The second kappa shape index (κ2) is 8.51. The number of nitrogens with one attached hydrogen (secondary N) is 1. The minimum Gasteiger partial charge on any atom is -0.331 e. The Hall–Kier alpha value is -2.43. The maximum Gasteiger partial charge on any atom is 0.228 e. The third kappa shape index (κ3) is 4.29. The fraction of sp³-hybridized carbons (Fsp3) is 0.261. The number of piperazine rings is 1. The molecule has 1 aliphatic rings. The lowest BCUT2D eigenvalue weighted by molar-refractivity contribution is -0.929. The molecule has 138 valence electrons. The van der Waals surface area contributed by atoms with Gasteiger partial charge in [-0.2, -0.15) is 0 Å². The van der Waals surface area contributed by atoms with Crippen molar-refractivity contribution in [2.24, 2.45) is 0 Å². The Morgan fingerprint density at radius 3 is 2.00 bits per heavy atom. The summed E-state index contributed by atoms with van der Waals surface area (Å²) in [6, 6.07) is 25.9. The predicted octanol–water partition coefficient (Wildman–Crippen LogP) is 2.81. The summed E-state index contributed by atoms with van der Waals surface area (Å²) in [5.41, 5.74) is 2.69. The minimum absolute atomic E-state index is 0.257. The molecule has 1 aliphatic heterocycles. The summed E-state index contributed by atoms with van der Waals surface area (Å²) in [5, 5.41) is 2.04. The highest BCUT2D eigenvalue weighted by molar-refractivity contribution is 7.10. The van der Waals surface area contributed by atoms with Crippen molar-refractivity contribution in [1.82, 2.24) is 4.90 Å². The third-order valence-corrected chi connectivity index (χ3v) is 6.21. The number of amides is 1. The summed E-state index contributed by atoms with van der Waals surface area (Å²) in [6.07, 6.45) is 0.536. The van der Waals surface area contributed by atoms with Crippen molar-refractivity contribution < 1.29 is 9.69 Å². The molecule has 0 radical (unpaired) electrons. The Kier molecular flexibility index (Phi) is 5.66. The van der Waals surface area contributed by atoms with Crippen molar-refractivity contribution in [2.75, 3.05) is 26.2 Å². The molecule has 0 unspecified atom stereocenters. The number of carbonyl (C=O) groups is 1. The zero-order valence-electron chi connectivity index (χ0n) is 15.4. The molecule has 0 aliphatic carbocycles. The molecule has 1 aromatic heterocycles. The molecule has 0 spiro atoms. The largest absolute Gasteiger partial charge is 0.331 e. The normalized spacial score (nSPS) is 15.2. The molecule has 27 heavy (non-hydrogen) atoms. The summed E-state index contributed by atoms with van der Waals surface area (Å²) in [6.45, 7) is 3.61. The van der Waals surface area contributed by atoms with Crippen LogP contribution in [0.25, 0.3) is 0 Å². The maximum absolute atomic E-state index is 12.6. The van der Waals surface area contributed by atoms with Crippen LogP contribution in [-0.4, -0.2) is 37.0 Å². The maximum atomic E-state index is 12.6. The van der Waals surface area contributed by atoms with Gasteiger partial charge < -0.3 is 9.80 Å². The van der Waals surface area contributed by atoms with Crippen LogP contribution < -0.4 is 4.90 Å². The van der Waals surface area contributed by atoms with E-state index in [0.29, 0.717) is 12.5 Å². The van der Waals surface area contributed by atoms with Crippen LogP contribution in [-0.2, 0) is 11.2 Å². The zero-order valence-corrected chi connectivity index (χ0v) is 16.2. The average molecular weight is 378 g/mol. The Balaban J connectivity index is 1.46. The molecule has 2 aromatic carbocycles. The summed E-state index contributed by atoms with van der Waals surface area (Å²) in [7, 11) is 0. The summed E-state index contributed by atoms with van der Waals surface area (Å²) < 4.78 is 0. The quantitative estimate of drug-likeness (QED) is 0.727. The summed E-state index contributed by atoms with van der Waals surface area (Å²) in [4.78, 5) is 17.3. The van der Waals surface area contributed by atoms with Crippen molar-refractivity contribution in [2.45, 2.75) is 12.5 Å². The molecule has 3 aromatic rings. The molecule has 1 saturated heterocycles. The Bertz CT molecular complexity index is 801. The second-order valence-corrected chi connectivity index (χ2v) is 8.08. The van der Waals surface area contributed by atoms with E-state index in [1.54, 1.807) is 11.3 Å². The Morgan fingerprint density at radius 2 is 1.48 bits per heavy atom. The van der Waals surface area contributed by atoms with Gasteiger partial charge in [0.2, 0.25) is 5.91 Å². The number of rotatable bonds is 5. The van der Waals surface area contributed by atoms with E-state index < -0.39 is 0 Å². The molecular weight excluding hydrogens is 352 g/mol. The second-order valence-electron chi connectivity index (χ2n) is 7.05. The van der Waals surface area contributed by atoms with E-state index in [9.17, 15) is 4.79 Å². The fourth-order valence-corrected chi connectivity index (χ4v) is 4.66. The van der Waals surface area contributed by atoms with Crippen LogP contribution in [0.4, 0.5) is 0 Å². The van der Waals surface area contributed by atoms with E-state index in [-0.39, 0.29) is 5.91 Å². The van der Waals surface area contributed by atoms with Gasteiger partial charge in [0, 0.05) is 16.0 Å². The number of benzene rings is 2. The van der Waals surface area contributed by atoms with E-state index in [4.69, 9.17) is 0 Å². The molecule has 3 nitrogen and oxygen atoms in total. The van der Waals surface area contributed by atoms with E-state index in [0.717, 1.165) is 31.1 Å². The highest BCUT2D eigenvalue weighted by atomic mass is 32.1. The van der Waals surface area contributed by atoms with Gasteiger partial charge in [-0.25, -0.2) is 0 Å². The van der Waals surface area contributed by atoms with Crippen LogP contribution in [0.15, 0.2) is 78.2 Å². The molecule has 4 heteroatoms. The zero-order chi connectivity index (χ0) is 18.5. The van der Waals surface area contributed by atoms with Crippen LogP contribution in [0.5, 0.6) is 0 Å². The lowest BCUT2D eigenvalue weighted by atomic mass is 9.96. The van der Waals surface area contributed by atoms with Gasteiger partial charge in [-0.1, -0.05) is 66.7 Å². The lowest BCUT2D eigenvalue weighted by Gasteiger charge is -2.37. The smallest absolute Gasteiger partial charge is 0.228 e. The standard InChI is InChI=1S/C23H24N2OS/c26-22(18-21-12-7-17-27-21)24-13-15-25(16-14-24)23(19-8-3-1-4-9-19)20-10-5-2-6-11-20/h1-12,17,23H,13-16,18H2/p+1. The van der Waals surface area contributed by atoms with Crippen molar-refractivity contribution in [3.8, 4) is 0 Å². The average Bonchev–Trinajstić information content (AvgIpc) is 3.23. The monoisotopic (exact) mass is 377 g/mol. The van der Waals surface area contributed by atoms with Crippen LogP contribution in [0, 0.1) is 0 Å². The third-order valence-electron chi connectivity index (χ3n) is 5.34. The number of hydrogen-bond acceptors (Lipinski definition) is 2. The molecule has 0 bridgehead atoms. The molecule has 4 rings (SSSR count). The van der Waals surface area contributed by atoms with E-state index in [1.807, 2.05) is 22.4 Å². The van der Waals surface area contributed by atoms with Crippen molar-refractivity contribution >= 4 is 17.2 Å². The van der Waals surface area contributed by atoms with Gasteiger partial charge in [-0.15, -0.1) is 11.3 Å². The minimum atomic E-state index is 0.257. The van der Waals surface area contributed by atoms with E-state index in [1.165, 1.54) is 16.0 Å². The topological polar surface area (TPSA) is 24.8 Å². The molecule has 1 fully saturated rings. The van der Waals surface area contributed by atoms with Crippen molar-refractivity contribution in [1.29, 1.82) is 0 Å². The van der Waals surface area contributed by atoms with Gasteiger partial charge >= 0.3 is 0 Å². The van der Waals surface area contributed by atoms with Crippen molar-refractivity contribution in [3.05, 3.63) is 94.2 Å². The number of nitrogens with zero attached hydrogens (tertiary/aromatic N) is 1. The number of thiophene rings is 1. The number of carbonyl (C=O) groups excluding carboxylic acids is 1. The molecule has 1 N–H and O–H groups in total. The van der Waals surface area contributed by atoms with Crippen LogP contribution >= 0.6 is 11.3 Å². The summed E-state index contributed by atoms with van der Waals surface area (Å²) in [5.74, 6) is 0.257. The summed E-state index contributed by atoms with van der Waals surface area (Å²) >= 11 is 1.66. The first kappa shape index (κ1) is 18.0. The van der Waals surface area contributed by atoms with Crippen LogP contribution in [0.2, 0.25) is 0 Å². The van der Waals surface area contributed by atoms with Gasteiger partial charge in [0.05, 0.1) is 32.6 Å². The fourth-order valence-electron chi connectivity index (χ4n) is 3.96. The van der Waals surface area contributed by atoms with Crippen LogP contribution in [0.1, 0.15) is 22.0 Å². The first-order valence-electron chi connectivity index (χ1n) is 9.56. The van der Waals surface area contributed by atoms with Gasteiger partial charge in [-0.3, -0.25) is 4.79 Å². The van der Waals surface area contributed by atoms with Gasteiger partial charge in [0.15, 0.2) is 0 Å². The highest BCUT2D eigenvalue weighted by Crippen LogP contribution is 2.19. The van der Waals surface area contributed by atoms with E-state index in [2.05, 4.69) is 60.7 Å². The molecule has 0 atom stereocenters. The van der Waals surface area contributed by atoms with E-state index >= 15 is 0 Å². The highest BCUT2D eigenvalue weighted by Gasteiger charge is 2.31. The molecule has 1 amide bonds.